The van der Waals surface area contributed by atoms with Crippen LogP contribution in [0.2, 0.25) is 0 Å². The molecule has 0 fully saturated rings. The van der Waals surface area contributed by atoms with Crippen molar-refractivity contribution in [1.82, 2.24) is 9.71 Å². The number of pyridine rings is 1. The molecule has 0 aliphatic heterocycles. The van der Waals surface area contributed by atoms with Gasteiger partial charge < -0.3 is 5.11 Å². The molecule has 21 heavy (non-hydrogen) atoms. The van der Waals surface area contributed by atoms with E-state index >= 15 is 0 Å². The van der Waals surface area contributed by atoms with E-state index in [0.717, 1.165) is 4.88 Å². The molecule has 114 valence electrons. The Morgan fingerprint density at radius 1 is 1.33 bits per heavy atom. The van der Waals surface area contributed by atoms with E-state index < -0.39 is 10.0 Å². The number of aromatic nitrogens is 1. The average Bonchev–Trinajstić information content (AvgIpc) is 3.01. The molecule has 0 bridgehead atoms. The van der Waals surface area contributed by atoms with Gasteiger partial charge in [0.05, 0.1) is 6.61 Å². The molecule has 2 aromatic rings. The van der Waals surface area contributed by atoms with Crippen molar-refractivity contribution >= 4 is 21.4 Å². The molecule has 0 saturated heterocycles. The second-order valence-corrected chi connectivity index (χ2v) is 8.01. The van der Waals surface area contributed by atoms with Gasteiger partial charge in [-0.05, 0) is 23.1 Å². The van der Waals surface area contributed by atoms with E-state index in [1.54, 1.807) is 17.4 Å². The molecule has 2 heterocycles. The van der Waals surface area contributed by atoms with Crippen molar-refractivity contribution in [3.05, 3.63) is 46.3 Å². The first-order chi connectivity index (χ1) is 9.85. The SMILES string of the molecule is CC(C)(CNS(=O)(=O)c1ccc(CO)cn1)c1cccs1. The third-order valence-electron chi connectivity index (χ3n) is 3.15. The number of aliphatic hydroxyl groups is 1. The second-order valence-electron chi connectivity index (χ2n) is 5.35. The Morgan fingerprint density at radius 2 is 2.10 bits per heavy atom. The number of rotatable bonds is 6. The summed E-state index contributed by atoms with van der Waals surface area (Å²) < 4.78 is 27.0. The number of hydrogen-bond donors (Lipinski definition) is 2. The molecule has 0 aromatic carbocycles. The van der Waals surface area contributed by atoms with Crippen LogP contribution in [0.3, 0.4) is 0 Å². The number of hydrogen-bond acceptors (Lipinski definition) is 5. The van der Waals surface area contributed by atoms with Crippen LogP contribution in [0.25, 0.3) is 0 Å². The van der Waals surface area contributed by atoms with Crippen LogP contribution in [0.5, 0.6) is 0 Å². The summed E-state index contributed by atoms with van der Waals surface area (Å²) in [6, 6.07) is 6.89. The summed E-state index contributed by atoms with van der Waals surface area (Å²) >= 11 is 1.60. The monoisotopic (exact) mass is 326 g/mol. The lowest BCUT2D eigenvalue weighted by Crippen LogP contribution is -2.36. The number of sulfonamides is 1. The highest BCUT2D eigenvalue weighted by Crippen LogP contribution is 2.27. The normalized spacial score (nSPS) is 12.5. The van der Waals surface area contributed by atoms with Crippen LogP contribution < -0.4 is 4.72 Å². The van der Waals surface area contributed by atoms with Crippen LogP contribution in [-0.4, -0.2) is 25.1 Å². The Labute approximate surface area is 128 Å². The van der Waals surface area contributed by atoms with Gasteiger partial charge in [0.15, 0.2) is 5.03 Å². The van der Waals surface area contributed by atoms with Crippen molar-refractivity contribution < 1.29 is 13.5 Å². The Morgan fingerprint density at radius 3 is 2.62 bits per heavy atom. The topological polar surface area (TPSA) is 79.3 Å². The lowest BCUT2D eigenvalue weighted by atomic mass is 9.92. The fourth-order valence-electron chi connectivity index (χ4n) is 1.76. The molecule has 2 aromatic heterocycles. The third kappa shape index (κ3) is 3.88. The molecule has 2 rings (SSSR count). The fourth-order valence-corrected chi connectivity index (χ4v) is 3.75. The van der Waals surface area contributed by atoms with Gasteiger partial charge in [-0.1, -0.05) is 26.0 Å². The van der Waals surface area contributed by atoms with Crippen molar-refractivity contribution in [3.63, 3.8) is 0 Å². The first-order valence-corrected chi connectivity index (χ1v) is 8.81. The molecule has 2 N–H and O–H groups in total. The lowest BCUT2D eigenvalue weighted by Gasteiger charge is -2.23. The van der Waals surface area contributed by atoms with Crippen LogP contribution in [0.15, 0.2) is 40.9 Å². The highest BCUT2D eigenvalue weighted by molar-refractivity contribution is 7.89. The van der Waals surface area contributed by atoms with Crippen molar-refractivity contribution in [3.8, 4) is 0 Å². The first-order valence-electron chi connectivity index (χ1n) is 6.44. The standard InChI is InChI=1S/C14H18N2O3S2/c1-14(2,12-4-3-7-20-12)10-16-21(18,19)13-6-5-11(9-17)8-15-13/h3-8,16-17H,9-10H2,1-2H3. The predicted molar refractivity (Wildman–Crippen MR) is 82.7 cm³/mol. The maximum atomic E-state index is 12.2. The minimum Gasteiger partial charge on any atom is -0.392 e. The molecule has 0 atom stereocenters. The Bertz CT molecular complexity index is 678. The van der Waals surface area contributed by atoms with Gasteiger partial charge in [-0.2, -0.15) is 0 Å². The molecule has 5 nitrogen and oxygen atoms in total. The molecular weight excluding hydrogens is 308 g/mol. The quantitative estimate of drug-likeness (QED) is 0.849. The van der Waals surface area contributed by atoms with Gasteiger partial charge >= 0.3 is 0 Å². The average molecular weight is 326 g/mol. The fraction of sp³-hybridized carbons (Fsp3) is 0.357. The predicted octanol–water partition coefficient (Wildman–Crippen LogP) is 1.89. The van der Waals surface area contributed by atoms with Crippen LogP contribution >= 0.6 is 11.3 Å². The maximum Gasteiger partial charge on any atom is 0.258 e. The molecule has 0 saturated carbocycles. The number of nitrogens with one attached hydrogen (secondary N) is 1. The van der Waals surface area contributed by atoms with Crippen molar-refractivity contribution in [2.75, 3.05) is 6.54 Å². The Balaban J connectivity index is 2.10. The largest absolute Gasteiger partial charge is 0.392 e. The summed E-state index contributed by atoms with van der Waals surface area (Å²) in [5, 5.41) is 10.9. The summed E-state index contributed by atoms with van der Waals surface area (Å²) in [4.78, 5) is 5.00. The highest BCUT2D eigenvalue weighted by atomic mass is 32.2. The van der Waals surface area contributed by atoms with Crippen molar-refractivity contribution in [1.29, 1.82) is 0 Å². The van der Waals surface area contributed by atoms with E-state index in [-0.39, 0.29) is 17.0 Å². The lowest BCUT2D eigenvalue weighted by molar-refractivity contribution is 0.281. The summed E-state index contributed by atoms with van der Waals surface area (Å²) in [6.45, 7) is 4.11. The highest BCUT2D eigenvalue weighted by Gasteiger charge is 2.25. The third-order valence-corrected chi connectivity index (χ3v) is 5.70. The number of thiophene rings is 1. The smallest absolute Gasteiger partial charge is 0.258 e. The van der Waals surface area contributed by atoms with E-state index in [1.807, 2.05) is 31.4 Å². The first kappa shape index (κ1) is 16.1. The Hall–Kier alpha value is -1.28. The van der Waals surface area contributed by atoms with Gasteiger partial charge in [0.25, 0.3) is 10.0 Å². The molecule has 0 unspecified atom stereocenters. The zero-order valence-electron chi connectivity index (χ0n) is 11.9. The molecule has 0 aliphatic carbocycles. The molecule has 0 radical (unpaired) electrons. The Kier molecular flexibility index (Phi) is 4.77. The zero-order chi connectivity index (χ0) is 15.5. The maximum absolute atomic E-state index is 12.2. The summed E-state index contributed by atoms with van der Waals surface area (Å²) in [5.41, 5.74) is 0.291. The second kappa shape index (κ2) is 6.23. The number of nitrogens with zero attached hydrogens (tertiary/aromatic N) is 1. The summed E-state index contributed by atoms with van der Waals surface area (Å²) in [7, 11) is -3.65. The van der Waals surface area contributed by atoms with Gasteiger partial charge in [-0.3, -0.25) is 0 Å². The molecule has 0 spiro atoms. The summed E-state index contributed by atoms with van der Waals surface area (Å²) in [6.07, 6.45) is 1.36. The molecule has 7 heteroatoms. The molecule has 0 amide bonds. The minimum atomic E-state index is -3.65. The van der Waals surface area contributed by atoms with E-state index in [2.05, 4.69) is 9.71 Å². The van der Waals surface area contributed by atoms with Crippen LogP contribution in [-0.2, 0) is 22.0 Å². The van der Waals surface area contributed by atoms with Crippen molar-refractivity contribution in [2.45, 2.75) is 30.9 Å². The van der Waals surface area contributed by atoms with Crippen molar-refractivity contribution in [2.24, 2.45) is 0 Å². The van der Waals surface area contributed by atoms with E-state index in [9.17, 15) is 8.42 Å². The van der Waals surface area contributed by atoms with Gasteiger partial charge in [-0.25, -0.2) is 18.1 Å². The molecular formula is C14H18N2O3S2. The van der Waals surface area contributed by atoms with Crippen LogP contribution in [0.4, 0.5) is 0 Å². The van der Waals surface area contributed by atoms with E-state index in [4.69, 9.17) is 5.11 Å². The van der Waals surface area contributed by atoms with Gasteiger partial charge in [0.1, 0.15) is 0 Å². The van der Waals surface area contributed by atoms with E-state index in [1.165, 1.54) is 12.3 Å². The van der Waals surface area contributed by atoms with Gasteiger partial charge in [-0.15, -0.1) is 11.3 Å². The summed E-state index contributed by atoms with van der Waals surface area (Å²) in [5.74, 6) is 0. The van der Waals surface area contributed by atoms with E-state index in [0.29, 0.717) is 12.1 Å². The van der Waals surface area contributed by atoms with Crippen LogP contribution in [0, 0.1) is 0 Å². The van der Waals surface area contributed by atoms with Gasteiger partial charge in [0.2, 0.25) is 0 Å². The zero-order valence-corrected chi connectivity index (χ0v) is 13.5. The van der Waals surface area contributed by atoms with Gasteiger partial charge in [0, 0.05) is 23.0 Å². The minimum absolute atomic E-state index is 0.0401. The number of aliphatic hydroxyl groups excluding tert-OH is 1. The molecule has 0 aliphatic rings. The van der Waals surface area contributed by atoms with Crippen LogP contribution in [0.1, 0.15) is 24.3 Å².